The first-order valence-corrected chi connectivity index (χ1v) is 10.8. The van der Waals surface area contributed by atoms with Gasteiger partial charge in [0.2, 0.25) is 0 Å². The molecule has 1 aromatic carbocycles. The molecule has 0 spiro atoms. The first-order chi connectivity index (χ1) is 13.9. The van der Waals surface area contributed by atoms with Crippen LogP contribution < -0.4 is 5.32 Å². The van der Waals surface area contributed by atoms with Crippen LogP contribution in [0.15, 0.2) is 47.2 Å². The highest BCUT2D eigenvalue weighted by Gasteiger charge is 2.18. The standard InChI is InChI=1S/C22H19N3O2S2/c1-12-19(14(3)26)13(2)23-20(12)17-11-29-22(25-17)15-6-8-16(9-7-15)24-21(27)18-5-4-10-28-18/h4-11,23H,1-3H3,(H,24,27). The lowest BCUT2D eigenvalue weighted by atomic mass is 10.1. The zero-order valence-electron chi connectivity index (χ0n) is 16.2. The van der Waals surface area contributed by atoms with Gasteiger partial charge in [-0.05, 0) is 62.0 Å². The predicted molar refractivity (Wildman–Crippen MR) is 119 cm³/mol. The number of aromatic nitrogens is 2. The van der Waals surface area contributed by atoms with Crippen LogP contribution >= 0.6 is 22.7 Å². The van der Waals surface area contributed by atoms with Crippen LogP contribution in [0.3, 0.4) is 0 Å². The Morgan fingerprint density at radius 1 is 1.07 bits per heavy atom. The zero-order chi connectivity index (χ0) is 20.5. The number of Topliss-reactive ketones (excluding diaryl/α,β-unsaturated/α-hetero) is 1. The fraction of sp³-hybridized carbons (Fsp3) is 0.136. The van der Waals surface area contributed by atoms with Crippen molar-refractivity contribution in [2.45, 2.75) is 20.8 Å². The van der Waals surface area contributed by atoms with Crippen molar-refractivity contribution >= 4 is 40.1 Å². The number of thiophene rings is 1. The third-order valence-corrected chi connectivity index (χ3v) is 6.44. The SMILES string of the molecule is CC(=O)c1c(C)[nH]c(-c2csc(-c3ccc(NC(=O)c4cccs4)cc3)n2)c1C. The van der Waals surface area contributed by atoms with E-state index in [0.717, 1.165) is 44.5 Å². The summed E-state index contributed by atoms with van der Waals surface area (Å²) in [7, 11) is 0. The van der Waals surface area contributed by atoms with Crippen molar-refractivity contribution in [3.8, 4) is 22.0 Å². The maximum absolute atomic E-state index is 12.2. The second-order valence-corrected chi connectivity index (χ2v) is 8.53. The predicted octanol–water partition coefficient (Wildman–Crippen LogP) is 5.94. The molecule has 3 aromatic heterocycles. The van der Waals surface area contributed by atoms with Crippen molar-refractivity contribution < 1.29 is 9.59 Å². The molecule has 0 aliphatic carbocycles. The van der Waals surface area contributed by atoms with Gasteiger partial charge in [-0.2, -0.15) is 0 Å². The smallest absolute Gasteiger partial charge is 0.265 e. The van der Waals surface area contributed by atoms with Crippen molar-refractivity contribution in [1.82, 2.24) is 9.97 Å². The highest BCUT2D eigenvalue weighted by Crippen LogP contribution is 2.32. The van der Waals surface area contributed by atoms with Gasteiger partial charge < -0.3 is 10.3 Å². The van der Waals surface area contributed by atoms with Crippen molar-refractivity contribution in [1.29, 1.82) is 0 Å². The largest absolute Gasteiger partial charge is 0.356 e. The van der Waals surface area contributed by atoms with E-state index in [4.69, 9.17) is 4.98 Å². The van der Waals surface area contributed by atoms with Crippen molar-refractivity contribution in [3.05, 3.63) is 68.9 Å². The summed E-state index contributed by atoms with van der Waals surface area (Å²) in [6, 6.07) is 11.3. The maximum atomic E-state index is 12.2. The molecule has 0 radical (unpaired) electrons. The second kappa shape index (κ2) is 7.77. The highest BCUT2D eigenvalue weighted by molar-refractivity contribution is 7.13. The molecule has 0 unspecified atom stereocenters. The number of anilines is 1. The van der Waals surface area contributed by atoms with Crippen LogP contribution in [-0.2, 0) is 0 Å². The van der Waals surface area contributed by atoms with Gasteiger partial charge in [-0.3, -0.25) is 9.59 Å². The second-order valence-electron chi connectivity index (χ2n) is 6.73. The number of amides is 1. The van der Waals surface area contributed by atoms with E-state index in [1.165, 1.54) is 11.3 Å². The molecule has 4 aromatic rings. The molecular weight excluding hydrogens is 402 g/mol. The Bertz CT molecular complexity index is 1190. The van der Waals surface area contributed by atoms with Crippen molar-refractivity contribution in [2.75, 3.05) is 5.32 Å². The van der Waals surface area contributed by atoms with Gasteiger partial charge in [0.15, 0.2) is 5.78 Å². The van der Waals surface area contributed by atoms with E-state index in [1.54, 1.807) is 24.3 Å². The molecule has 0 atom stereocenters. The first kappa shape index (κ1) is 19.3. The van der Waals surface area contributed by atoms with Crippen LogP contribution in [0.4, 0.5) is 5.69 Å². The molecule has 0 saturated carbocycles. The number of benzene rings is 1. The van der Waals surface area contributed by atoms with E-state index in [1.807, 2.05) is 54.9 Å². The number of rotatable bonds is 5. The van der Waals surface area contributed by atoms with E-state index in [0.29, 0.717) is 4.88 Å². The topological polar surface area (TPSA) is 74.8 Å². The quantitative estimate of drug-likeness (QED) is 0.392. The molecular formula is C22H19N3O2S2. The number of carbonyl (C=O) groups is 2. The summed E-state index contributed by atoms with van der Waals surface area (Å²) in [5.74, 6) is -0.0544. The monoisotopic (exact) mass is 421 g/mol. The number of hydrogen-bond donors (Lipinski definition) is 2. The Morgan fingerprint density at radius 2 is 1.83 bits per heavy atom. The van der Waals surface area contributed by atoms with Crippen LogP contribution in [0.1, 0.15) is 38.2 Å². The fourth-order valence-electron chi connectivity index (χ4n) is 3.35. The summed E-state index contributed by atoms with van der Waals surface area (Å²) in [5, 5.41) is 7.65. The van der Waals surface area contributed by atoms with Gasteiger partial charge in [0.05, 0.1) is 16.3 Å². The van der Waals surface area contributed by atoms with Crippen molar-refractivity contribution in [2.24, 2.45) is 0 Å². The highest BCUT2D eigenvalue weighted by atomic mass is 32.1. The summed E-state index contributed by atoms with van der Waals surface area (Å²) >= 11 is 2.96. The zero-order valence-corrected chi connectivity index (χ0v) is 17.8. The van der Waals surface area contributed by atoms with Gasteiger partial charge in [0.1, 0.15) is 5.01 Å². The number of ketones is 1. The van der Waals surface area contributed by atoms with E-state index < -0.39 is 0 Å². The molecule has 7 heteroatoms. The Balaban J connectivity index is 1.55. The Morgan fingerprint density at radius 3 is 2.45 bits per heavy atom. The Labute approximate surface area is 176 Å². The minimum Gasteiger partial charge on any atom is -0.356 e. The number of thiazole rings is 1. The number of carbonyl (C=O) groups excluding carboxylic acids is 2. The molecule has 1 amide bonds. The number of aryl methyl sites for hydroxylation is 1. The van der Waals surface area contributed by atoms with Gasteiger partial charge >= 0.3 is 0 Å². The van der Waals surface area contributed by atoms with Crippen LogP contribution in [0, 0.1) is 13.8 Å². The molecule has 4 rings (SSSR count). The normalized spacial score (nSPS) is 10.9. The number of aromatic amines is 1. The number of nitrogens with zero attached hydrogens (tertiary/aromatic N) is 1. The number of nitrogens with one attached hydrogen (secondary N) is 2. The molecule has 0 saturated heterocycles. The van der Waals surface area contributed by atoms with Crippen LogP contribution in [0.25, 0.3) is 22.0 Å². The molecule has 0 bridgehead atoms. The molecule has 29 heavy (non-hydrogen) atoms. The van der Waals surface area contributed by atoms with Gasteiger partial charge in [0, 0.05) is 27.9 Å². The molecule has 5 nitrogen and oxygen atoms in total. The lowest BCUT2D eigenvalue weighted by molar-refractivity contribution is 0.101. The molecule has 0 aliphatic heterocycles. The average molecular weight is 422 g/mol. The summed E-state index contributed by atoms with van der Waals surface area (Å²) in [6.45, 7) is 5.43. The molecule has 146 valence electrons. The van der Waals surface area contributed by atoms with Gasteiger partial charge in [-0.1, -0.05) is 6.07 Å². The summed E-state index contributed by atoms with van der Waals surface area (Å²) in [4.78, 5) is 32.8. The summed E-state index contributed by atoms with van der Waals surface area (Å²) in [5.41, 5.74) is 5.96. The minimum atomic E-state index is -0.108. The van der Waals surface area contributed by atoms with Crippen molar-refractivity contribution in [3.63, 3.8) is 0 Å². The van der Waals surface area contributed by atoms with E-state index in [9.17, 15) is 9.59 Å². The summed E-state index contributed by atoms with van der Waals surface area (Å²) in [6.07, 6.45) is 0. The lowest BCUT2D eigenvalue weighted by Gasteiger charge is -2.04. The molecule has 3 heterocycles. The third-order valence-electron chi connectivity index (χ3n) is 4.68. The average Bonchev–Trinajstić information content (AvgIpc) is 3.42. The third kappa shape index (κ3) is 3.79. The Hall–Kier alpha value is -3.03. The van der Waals surface area contributed by atoms with Crippen LogP contribution in [-0.4, -0.2) is 21.7 Å². The van der Waals surface area contributed by atoms with Crippen LogP contribution in [0.2, 0.25) is 0 Å². The maximum Gasteiger partial charge on any atom is 0.265 e. The van der Waals surface area contributed by atoms with Gasteiger partial charge in [-0.25, -0.2) is 4.98 Å². The summed E-state index contributed by atoms with van der Waals surface area (Å²) < 4.78 is 0. The number of H-pyrrole nitrogens is 1. The Kier molecular flexibility index (Phi) is 5.17. The molecule has 0 fully saturated rings. The molecule has 2 N–H and O–H groups in total. The van der Waals surface area contributed by atoms with Gasteiger partial charge in [-0.15, -0.1) is 22.7 Å². The lowest BCUT2D eigenvalue weighted by Crippen LogP contribution is -2.09. The van der Waals surface area contributed by atoms with E-state index in [-0.39, 0.29) is 11.7 Å². The van der Waals surface area contributed by atoms with Gasteiger partial charge in [0.25, 0.3) is 5.91 Å². The minimum absolute atomic E-state index is 0.0538. The fourth-order valence-corrected chi connectivity index (χ4v) is 4.79. The van der Waals surface area contributed by atoms with Crippen LogP contribution in [0.5, 0.6) is 0 Å². The van der Waals surface area contributed by atoms with E-state index >= 15 is 0 Å². The van der Waals surface area contributed by atoms with E-state index in [2.05, 4.69) is 10.3 Å². The number of hydrogen-bond acceptors (Lipinski definition) is 5. The molecule has 0 aliphatic rings. The first-order valence-electron chi connectivity index (χ1n) is 9.05.